The first-order valence-corrected chi connectivity index (χ1v) is 10.0. The molecule has 2 aliphatic rings. The van der Waals surface area contributed by atoms with Gasteiger partial charge in [-0.25, -0.2) is 5.01 Å². The smallest absolute Gasteiger partial charge is 0.274 e. The SMILES string of the molecule is COc1ccc(N(C(=O)C2=NN(c3ccccc3)C(=O)CC2)C(C)C2CC2)cc1. The van der Waals surface area contributed by atoms with E-state index in [2.05, 4.69) is 12.0 Å². The molecule has 1 fully saturated rings. The van der Waals surface area contributed by atoms with Gasteiger partial charge in [0.15, 0.2) is 0 Å². The maximum absolute atomic E-state index is 13.5. The van der Waals surface area contributed by atoms with Gasteiger partial charge in [0.2, 0.25) is 5.91 Å². The molecule has 1 unspecified atom stereocenters. The van der Waals surface area contributed by atoms with Gasteiger partial charge < -0.3 is 9.64 Å². The third kappa shape index (κ3) is 4.01. The number of hydrazone groups is 1. The molecule has 29 heavy (non-hydrogen) atoms. The molecule has 1 aliphatic carbocycles. The molecule has 2 aromatic carbocycles. The molecule has 2 aromatic rings. The molecule has 1 heterocycles. The number of methoxy groups -OCH3 is 1. The zero-order valence-electron chi connectivity index (χ0n) is 16.7. The number of para-hydroxylation sites is 1. The topological polar surface area (TPSA) is 62.2 Å². The van der Waals surface area contributed by atoms with Crippen molar-refractivity contribution in [3.05, 3.63) is 54.6 Å². The lowest BCUT2D eigenvalue weighted by atomic mass is 10.1. The van der Waals surface area contributed by atoms with Gasteiger partial charge in [-0.3, -0.25) is 9.59 Å². The van der Waals surface area contributed by atoms with Crippen LogP contribution in [0.25, 0.3) is 0 Å². The van der Waals surface area contributed by atoms with Crippen molar-refractivity contribution >= 4 is 28.9 Å². The number of benzene rings is 2. The largest absolute Gasteiger partial charge is 0.497 e. The molecule has 0 N–H and O–H groups in total. The first-order chi connectivity index (χ1) is 14.1. The van der Waals surface area contributed by atoms with Gasteiger partial charge >= 0.3 is 0 Å². The normalized spacial score (nSPS) is 17.5. The molecule has 0 radical (unpaired) electrons. The molecule has 1 aliphatic heterocycles. The Balaban J connectivity index is 1.66. The van der Waals surface area contributed by atoms with Crippen LogP contribution in [0.15, 0.2) is 59.7 Å². The highest BCUT2D eigenvalue weighted by Gasteiger charge is 2.37. The van der Waals surface area contributed by atoms with Crippen LogP contribution in [0.1, 0.15) is 32.6 Å². The van der Waals surface area contributed by atoms with Crippen LogP contribution in [0, 0.1) is 5.92 Å². The van der Waals surface area contributed by atoms with E-state index in [1.54, 1.807) is 7.11 Å². The number of amides is 2. The minimum Gasteiger partial charge on any atom is -0.497 e. The Labute approximate surface area is 170 Å². The molecule has 0 bridgehead atoms. The van der Waals surface area contributed by atoms with Crippen molar-refractivity contribution in [3.63, 3.8) is 0 Å². The van der Waals surface area contributed by atoms with Gasteiger partial charge in [-0.05, 0) is 62.1 Å². The second kappa shape index (κ2) is 8.07. The summed E-state index contributed by atoms with van der Waals surface area (Å²) in [4.78, 5) is 27.8. The van der Waals surface area contributed by atoms with Gasteiger partial charge in [0.25, 0.3) is 5.91 Å². The Morgan fingerprint density at radius 3 is 2.41 bits per heavy atom. The fourth-order valence-corrected chi connectivity index (χ4v) is 3.69. The zero-order valence-corrected chi connectivity index (χ0v) is 16.7. The lowest BCUT2D eigenvalue weighted by Crippen LogP contribution is -2.46. The summed E-state index contributed by atoms with van der Waals surface area (Å²) in [6, 6.07) is 16.8. The molecule has 6 heteroatoms. The minimum absolute atomic E-state index is 0.0707. The molecular formula is C23H25N3O3. The van der Waals surface area contributed by atoms with Crippen LogP contribution in [-0.4, -0.2) is 30.7 Å². The molecular weight excluding hydrogens is 366 g/mol. The fourth-order valence-electron chi connectivity index (χ4n) is 3.69. The molecule has 1 atom stereocenters. The molecule has 1 saturated carbocycles. The maximum Gasteiger partial charge on any atom is 0.274 e. The summed E-state index contributed by atoms with van der Waals surface area (Å²) in [5, 5.41) is 5.81. The second-order valence-electron chi connectivity index (χ2n) is 7.54. The van der Waals surface area contributed by atoms with Crippen molar-refractivity contribution < 1.29 is 14.3 Å². The van der Waals surface area contributed by atoms with Crippen LogP contribution in [0.3, 0.4) is 0 Å². The number of anilines is 2. The van der Waals surface area contributed by atoms with Crippen LogP contribution in [0.2, 0.25) is 0 Å². The number of hydrogen-bond donors (Lipinski definition) is 0. The van der Waals surface area contributed by atoms with Crippen molar-refractivity contribution in [2.24, 2.45) is 11.0 Å². The van der Waals surface area contributed by atoms with E-state index in [-0.39, 0.29) is 24.3 Å². The summed E-state index contributed by atoms with van der Waals surface area (Å²) in [7, 11) is 1.62. The van der Waals surface area contributed by atoms with Gasteiger partial charge in [0, 0.05) is 24.6 Å². The predicted molar refractivity (Wildman–Crippen MR) is 113 cm³/mol. The summed E-state index contributed by atoms with van der Waals surface area (Å²) in [6.45, 7) is 2.09. The molecule has 0 saturated heterocycles. The number of nitrogens with zero attached hydrogens (tertiary/aromatic N) is 3. The average molecular weight is 391 g/mol. The van der Waals surface area contributed by atoms with Crippen molar-refractivity contribution in [3.8, 4) is 5.75 Å². The third-order valence-corrected chi connectivity index (χ3v) is 5.56. The van der Waals surface area contributed by atoms with E-state index in [9.17, 15) is 9.59 Å². The van der Waals surface area contributed by atoms with Crippen LogP contribution in [-0.2, 0) is 9.59 Å². The van der Waals surface area contributed by atoms with E-state index in [1.807, 2.05) is 59.5 Å². The van der Waals surface area contributed by atoms with Gasteiger partial charge in [-0.2, -0.15) is 5.10 Å². The van der Waals surface area contributed by atoms with E-state index < -0.39 is 0 Å². The van der Waals surface area contributed by atoms with Crippen molar-refractivity contribution in [1.82, 2.24) is 0 Å². The van der Waals surface area contributed by atoms with E-state index in [4.69, 9.17) is 4.74 Å². The number of ether oxygens (including phenoxy) is 1. The van der Waals surface area contributed by atoms with Crippen LogP contribution < -0.4 is 14.6 Å². The highest BCUT2D eigenvalue weighted by Crippen LogP contribution is 2.37. The van der Waals surface area contributed by atoms with E-state index >= 15 is 0 Å². The predicted octanol–water partition coefficient (Wildman–Crippen LogP) is 4.01. The Morgan fingerprint density at radius 2 is 1.79 bits per heavy atom. The maximum atomic E-state index is 13.5. The third-order valence-electron chi connectivity index (χ3n) is 5.56. The monoisotopic (exact) mass is 391 g/mol. The van der Waals surface area contributed by atoms with Crippen molar-refractivity contribution in [2.45, 2.75) is 38.6 Å². The summed E-state index contributed by atoms with van der Waals surface area (Å²) in [5.74, 6) is 1.01. The summed E-state index contributed by atoms with van der Waals surface area (Å²) in [6.07, 6.45) is 2.88. The van der Waals surface area contributed by atoms with Crippen molar-refractivity contribution in [1.29, 1.82) is 0 Å². The molecule has 0 aromatic heterocycles. The lowest BCUT2D eigenvalue weighted by molar-refractivity contribution is -0.118. The summed E-state index contributed by atoms with van der Waals surface area (Å²) in [5.41, 5.74) is 1.91. The first-order valence-electron chi connectivity index (χ1n) is 10.0. The van der Waals surface area contributed by atoms with Gasteiger partial charge in [-0.15, -0.1) is 0 Å². The fraction of sp³-hybridized carbons (Fsp3) is 0.348. The number of carbonyl (C=O) groups excluding carboxylic acids is 2. The Hall–Kier alpha value is -3.15. The lowest BCUT2D eigenvalue weighted by Gasteiger charge is -2.32. The second-order valence-corrected chi connectivity index (χ2v) is 7.54. The zero-order chi connectivity index (χ0) is 20.4. The highest BCUT2D eigenvalue weighted by atomic mass is 16.5. The van der Waals surface area contributed by atoms with Gasteiger partial charge in [-0.1, -0.05) is 18.2 Å². The van der Waals surface area contributed by atoms with Crippen LogP contribution in [0.5, 0.6) is 5.75 Å². The van der Waals surface area contributed by atoms with Crippen LogP contribution >= 0.6 is 0 Å². The van der Waals surface area contributed by atoms with Crippen molar-refractivity contribution in [2.75, 3.05) is 17.0 Å². The van der Waals surface area contributed by atoms with E-state index in [0.717, 1.165) is 24.3 Å². The first kappa shape index (κ1) is 19.2. The molecule has 6 nitrogen and oxygen atoms in total. The minimum atomic E-state index is -0.136. The number of carbonyl (C=O) groups is 2. The van der Waals surface area contributed by atoms with Gasteiger partial charge in [0.1, 0.15) is 11.5 Å². The van der Waals surface area contributed by atoms with E-state index in [0.29, 0.717) is 23.7 Å². The standard InChI is InChI=1S/C23H25N3O3/c1-16(17-8-9-17)25(18-10-12-20(29-2)13-11-18)23(28)21-14-15-22(27)26(24-21)19-6-4-3-5-7-19/h3-7,10-13,16-17H,8-9,14-15H2,1-2H3. The Bertz CT molecular complexity index is 920. The number of hydrogen-bond acceptors (Lipinski definition) is 4. The van der Waals surface area contributed by atoms with E-state index in [1.165, 1.54) is 5.01 Å². The highest BCUT2D eigenvalue weighted by molar-refractivity contribution is 6.45. The quantitative estimate of drug-likeness (QED) is 0.747. The molecule has 0 spiro atoms. The average Bonchev–Trinajstić information content (AvgIpc) is 3.61. The van der Waals surface area contributed by atoms with Crippen LogP contribution in [0.4, 0.5) is 11.4 Å². The molecule has 2 amide bonds. The Kier molecular flexibility index (Phi) is 5.34. The summed E-state index contributed by atoms with van der Waals surface area (Å²) < 4.78 is 5.25. The summed E-state index contributed by atoms with van der Waals surface area (Å²) >= 11 is 0. The van der Waals surface area contributed by atoms with Gasteiger partial charge in [0.05, 0.1) is 12.8 Å². The molecule has 4 rings (SSSR count). The molecule has 150 valence electrons. The number of rotatable bonds is 6. The Morgan fingerprint density at radius 1 is 1.10 bits per heavy atom.